The van der Waals surface area contributed by atoms with Crippen molar-refractivity contribution in [3.05, 3.63) is 23.3 Å². The molecule has 0 aliphatic rings. The molecule has 0 aromatic heterocycles. The Morgan fingerprint density at radius 3 is 2.46 bits per heavy atom. The maximum Gasteiger partial charge on any atom is 0.398 e. The number of aryl methyl sites for hydroxylation is 2. The van der Waals surface area contributed by atoms with Gasteiger partial charge in [0.15, 0.2) is 0 Å². The van der Waals surface area contributed by atoms with Crippen LogP contribution in [0.5, 0.6) is 5.75 Å². The van der Waals surface area contributed by atoms with Crippen molar-refractivity contribution in [1.29, 1.82) is 5.26 Å². The first-order valence-electron chi connectivity index (χ1n) is 7.78. The Morgan fingerprint density at radius 1 is 1.08 bits per heavy atom. The Hall–Kier alpha value is -1.00. The maximum atomic E-state index is 12.4. The molecule has 0 aliphatic heterocycles. The van der Waals surface area contributed by atoms with Gasteiger partial charge in [0.25, 0.3) is 0 Å². The molecule has 1 aromatic carbocycles. The summed E-state index contributed by atoms with van der Waals surface area (Å²) in [4.78, 5) is 0.612. The second-order valence-electron chi connectivity index (χ2n) is 5.49. The molecule has 0 bridgehead atoms. The number of nitrogens with zero attached hydrogens (tertiary/aromatic N) is 1. The topological polar surface area (TPSA) is 33.0 Å². The third kappa shape index (κ3) is 8.74. The van der Waals surface area contributed by atoms with E-state index in [-0.39, 0.29) is 0 Å². The van der Waals surface area contributed by atoms with E-state index in [1.54, 1.807) is 6.07 Å². The summed E-state index contributed by atoms with van der Waals surface area (Å²) in [6.07, 6.45) is -0.188. The number of benzene rings is 1. The minimum atomic E-state index is -4.17. The Labute approximate surface area is 150 Å². The Morgan fingerprint density at radius 2 is 1.79 bits per heavy atom. The lowest BCUT2D eigenvalue weighted by molar-refractivity contribution is -0.105. The van der Waals surface area contributed by atoms with E-state index >= 15 is 0 Å². The van der Waals surface area contributed by atoms with Gasteiger partial charge in [0.2, 0.25) is 0 Å². The summed E-state index contributed by atoms with van der Waals surface area (Å²) in [5, 5.41) is 10.5. The van der Waals surface area contributed by atoms with Gasteiger partial charge in [-0.05, 0) is 55.6 Å². The summed E-state index contributed by atoms with van der Waals surface area (Å²) in [6, 6.07) is 3.58. The van der Waals surface area contributed by atoms with Crippen LogP contribution in [0, 0.1) is 24.5 Å². The lowest BCUT2D eigenvalue weighted by Crippen LogP contribution is -2.10. The van der Waals surface area contributed by atoms with Crippen LogP contribution in [0.4, 0.5) is 13.2 Å². The molecule has 2 nitrogen and oxygen atoms in total. The van der Waals surface area contributed by atoms with E-state index in [4.69, 9.17) is 10.00 Å². The first kappa shape index (κ1) is 21.0. The van der Waals surface area contributed by atoms with Crippen molar-refractivity contribution in [2.45, 2.75) is 50.6 Å². The molecule has 0 saturated carbocycles. The van der Waals surface area contributed by atoms with E-state index in [0.29, 0.717) is 17.3 Å². The van der Waals surface area contributed by atoms with Gasteiger partial charge in [0, 0.05) is 10.6 Å². The number of hydrogen-bond donors (Lipinski definition) is 0. The number of nitriles is 1. The molecule has 0 heterocycles. The van der Waals surface area contributed by atoms with Gasteiger partial charge >= 0.3 is 6.18 Å². The van der Waals surface area contributed by atoms with E-state index in [1.807, 2.05) is 25.3 Å². The van der Waals surface area contributed by atoms with Gasteiger partial charge in [-0.15, -0.1) is 11.8 Å². The number of alkyl halides is 3. The van der Waals surface area contributed by atoms with E-state index < -0.39 is 11.9 Å². The molecule has 0 saturated heterocycles. The van der Waals surface area contributed by atoms with Gasteiger partial charge in [-0.1, -0.05) is 18.9 Å². The first-order valence-corrected chi connectivity index (χ1v) is 9.75. The Kier molecular flexibility index (Phi) is 9.45. The summed E-state index contributed by atoms with van der Waals surface area (Å²) >= 11 is 2.07. The number of unbranched alkanes of at least 4 members (excludes halogenated alkanes) is 3. The minimum Gasteiger partial charge on any atom is -0.493 e. The van der Waals surface area contributed by atoms with Crippen LogP contribution in [-0.2, 0) is 0 Å². The average Bonchev–Trinajstić information content (AvgIpc) is 2.49. The molecule has 0 amide bonds. The molecule has 0 aliphatic carbocycles. The standard InChI is InChI=1S/C17H22F3NOS2/c1-13-9-14(2)16(24-11-17(18,19)20)10-15(13)22-7-5-3-4-6-8-23-12-21/h9-10H,3-8,11H2,1-2H3. The van der Waals surface area contributed by atoms with Gasteiger partial charge < -0.3 is 4.74 Å². The molecule has 0 unspecified atom stereocenters. The highest BCUT2D eigenvalue weighted by Gasteiger charge is 2.27. The van der Waals surface area contributed by atoms with Gasteiger partial charge in [0.05, 0.1) is 12.4 Å². The zero-order valence-corrected chi connectivity index (χ0v) is 15.5. The van der Waals surface area contributed by atoms with E-state index in [0.717, 1.165) is 54.3 Å². The van der Waals surface area contributed by atoms with E-state index in [9.17, 15) is 13.2 Å². The number of thiocyanates is 1. The van der Waals surface area contributed by atoms with Crippen LogP contribution in [0.2, 0.25) is 0 Å². The predicted molar refractivity (Wildman–Crippen MR) is 94.7 cm³/mol. The zero-order valence-electron chi connectivity index (χ0n) is 13.9. The first-order chi connectivity index (χ1) is 11.3. The predicted octanol–water partition coefficient (Wildman–Crippen LogP) is 6.11. The van der Waals surface area contributed by atoms with Crippen LogP contribution in [0.15, 0.2) is 17.0 Å². The van der Waals surface area contributed by atoms with E-state index in [2.05, 4.69) is 0 Å². The molecule has 1 aromatic rings. The third-order valence-corrected chi connectivity index (χ3v) is 5.17. The second-order valence-corrected chi connectivity index (χ2v) is 7.39. The number of hydrogen-bond acceptors (Lipinski definition) is 4. The quantitative estimate of drug-likeness (QED) is 0.280. The van der Waals surface area contributed by atoms with Crippen molar-refractivity contribution < 1.29 is 17.9 Å². The third-order valence-electron chi connectivity index (χ3n) is 3.33. The lowest BCUT2D eigenvalue weighted by atomic mass is 10.1. The normalized spacial score (nSPS) is 11.3. The van der Waals surface area contributed by atoms with Crippen LogP contribution in [0.3, 0.4) is 0 Å². The fourth-order valence-electron chi connectivity index (χ4n) is 2.14. The molecular formula is C17H22F3NOS2. The monoisotopic (exact) mass is 377 g/mol. The number of halogens is 3. The highest BCUT2D eigenvalue weighted by atomic mass is 32.2. The van der Waals surface area contributed by atoms with Gasteiger partial charge in [0.1, 0.15) is 11.2 Å². The Balaban J connectivity index is 2.43. The van der Waals surface area contributed by atoms with E-state index in [1.165, 1.54) is 11.8 Å². The molecule has 0 radical (unpaired) electrons. The van der Waals surface area contributed by atoms with Gasteiger partial charge in [-0.2, -0.15) is 18.4 Å². The molecular weight excluding hydrogens is 355 g/mol. The van der Waals surface area contributed by atoms with Crippen molar-refractivity contribution in [3.8, 4) is 11.2 Å². The number of thioether (sulfide) groups is 2. The van der Waals surface area contributed by atoms with Crippen LogP contribution in [-0.4, -0.2) is 24.3 Å². The molecule has 0 N–H and O–H groups in total. The van der Waals surface area contributed by atoms with Gasteiger partial charge in [-0.25, -0.2) is 0 Å². The molecule has 1 rings (SSSR count). The van der Waals surface area contributed by atoms with Crippen molar-refractivity contribution in [3.63, 3.8) is 0 Å². The van der Waals surface area contributed by atoms with Crippen LogP contribution >= 0.6 is 23.5 Å². The number of rotatable bonds is 10. The lowest BCUT2D eigenvalue weighted by Gasteiger charge is -2.14. The summed E-state index contributed by atoms with van der Waals surface area (Å²) in [5.41, 5.74) is 1.78. The largest absolute Gasteiger partial charge is 0.493 e. The summed E-state index contributed by atoms with van der Waals surface area (Å²) in [7, 11) is 0. The van der Waals surface area contributed by atoms with Gasteiger partial charge in [-0.3, -0.25) is 0 Å². The highest BCUT2D eigenvalue weighted by molar-refractivity contribution is 8.03. The number of ether oxygens (including phenoxy) is 1. The van der Waals surface area contributed by atoms with Crippen molar-refractivity contribution in [1.82, 2.24) is 0 Å². The maximum absolute atomic E-state index is 12.4. The molecule has 0 fully saturated rings. The zero-order chi connectivity index (χ0) is 18.0. The SMILES string of the molecule is Cc1cc(C)c(SCC(F)(F)F)cc1OCCCCCCSC#N. The second kappa shape index (κ2) is 10.8. The fourth-order valence-corrected chi connectivity index (χ4v) is 3.38. The molecule has 0 spiro atoms. The van der Waals surface area contributed by atoms with Crippen LogP contribution in [0.25, 0.3) is 0 Å². The average molecular weight is 377 g/mol. The van der Waals surface area contributed by atoms with Crippen LogP contribution < -0.4 is 4.74 Å². The van der Waals surface area contributed by atoms with Crippen molar-refractivity contribution in [2.24, 2.45) is 0 Å². The summed E-state index contributed by atoms with van der Waals surface area (Å²) in [6.45, 7) is 4.27. The highest BCUT2D eigenvalue weighted by Crippen LogP contribution is 2.33. The smallest absolute Gasteiger partial charge is 0.398 e. The summed E-state index contributed by atoms with van der Waals surface area (Å²) in [5.74, 6) is 0.621. The van der Waals surface area contributed by atoms with Crippen molar-refractivity contribution in [2.75, 3.05) is 18.1 Å². The van der Waals surface area contributed by atoms with Crippen molar-refractivity contribution >= 4 is 23.5 Å². The summed E-state index contributed by atoms with van der Waals surface area (Å²) < 4.78 is 42.9. The minimum absolute atomic E-state index is 0.554. The molecule has 7 heteroatoms. The fraction of sp³-hybridized carbons (Fsp3) is 0.588. The molecule has 134 valence electrons. The van der Waals surface area contributed by atoms with Crippen LogP contribution in [0.1, 0.15) is 36.8 Å². The molecule has 24 heavy (non-hydrogen) atoms. The molecule has 0 atom stereocenters. The Bertz CT molecular complexity index is 556.